The normalized spacial score (nSPS) is 36.9. The molecular weight excluding hydrogens is 254 g/mol. The van der Waals surface area contributed by atoms with Crippen molar-refractivity contribution in [1.29, 1.82) is 0 Å². The Balaban J connectivity index is 1.99. The average molecular weight is 276 g/mol. The number of hydrogen-bond donors (Lipinski definition) is 0. The van der Waals surface area contributed by atoms with Crippen molar-refractivity contribution in [3.8, 4) is 0 Å². The molecule has 0 saturated carbocycles. The molecule has 0 aliphatic carbocycles. The fourth-order valence-electron chi connectivity index (χ4n) is 2.88. The molecule has 0 aromatic carbocycles. The van der Waals surface area contributed by atoms with Crippen LogP contribution in [-0.4, -0.2) is 54.7 Å². The van der Waals surface area contributed by atoms with E-state index in [1.165, 1.54) is 0 Å². The standard InChI is InChI=1S/C13H22ClNO3/c1-3-12-11(4-5-17-12)13(16)15-7-9(2)18-10(6-14)8-15/h9-12H,3-8H2,1-2H3. The van der Waals surface area contributed by atoms with Crippen molar-refractivity contribution < 1.29 is 14.3 Å². The third-order valence-electron chi connectivity index (χ3n) is 3.74. The smallest absolute Gasteiger partial charge is 0.228 e. The van der Waals surface area contributed by atoms with Gasteiger partial charge in [0.15, 0.2) is 0 Å². The van der Waals surface area contributed by atoms with E-state index in [4.69, 9.17) is 21.1 Å². The van der Waals surface area contributed by atoms with Gasteiger partial charge in [-0.3, -0.25) is 4.79 Å². The molecule has 2 saturated heterocycles. The molecule has 2 fully saturated rings. The number of hydrogen-bond acceptors (Lipinski definition) is 3. The molecule has 2 aliphatic rings. The molecule has 0 aromatic heterocycles. The van der Waals surface area contributed by atoms with Crippen molar-refractivity contribution in [2.75, 3.05) is 25.6 Å². The van der Waals surface area contributed by atoms with Crippen LogP contribution in [0.3, 0.4) is 0 Å². The number of morpholine rings is 1. The van der Waals surface area contributed by atoms with E-state index in [2.05, 4.69) is 6.92 Å². The van der Waals surface area contributed by atoms with Gasteiger partial charge in [-0.1, -0.05) is 6.92 Å². The minimum absolute atomic E-state index is 0.0243. The fraction of sp³-hybridized carbons (Fsp3) is 0.923. The number of alkyl halides is 1. The van der Waals surface area contributed by atoms with E-state index in [9.17, 15) is 4.79 Å². The Bertz CT molecular complexity index is 300. The molecule has 18 heavy (non-hydrogen) atoms. The zero-order chi connectivity index (χ0) is 13.1. The average Bonchev–Trinajstić information content (AvgIpc) is 2.85. The van der Waals surface area contributed by atoms with Gasteiger partial charge < -0.3 is 14.4 Å². The molecule has 0 aromatic rings. The minimum Gasteiger partial charge on any atom is -0.377 e. The van der Waals surface area contributed by atoms with Crippen LogP contribution in [0.4, 0.5) is 0 Å². The lowest BCUT2D eigenvalue weighted by Gasteiger charge is -2.37. The van der Waals surface area contributed by atoms with Crippen LogP contribution in [0.2, 0.25) is 0 Å². The molecule has 104 valence electrons. The van der Waals surface area contributed by atoms with Gasteiger partial charge in [0.25, 0.3) is 0 Å². The van der Waals surface area contributed by atoms with Gasteiger partial charge in [-0.05, 0) is 19.8 Å². The maximum absolute atomic E-state index is 12.5. The molecule has 0 N–H and O–H groups in total. The molecule has 0 radical (unpaired) electrons. The number of carbonyl (C=O) groups excluding carboxylic acids is 1. The highest BCUT2D eigenvalue weighted by molar-refractivity contribution is 6.18. The lowest BCUT2D eigenvalue weighted by molar-refractivity contribution is -0.148. The SMILES string of the molecule is CCC1OCCC1C(=O)N1CC(C)OC(CCl)C1. The summed E-state index contributed by atoms with van der Waals surface area (Å²) >= 11 is 5.84. The first-order valence-electron chi connectivity index (χ1n) is 6.77. The Morgan fingerprint density at radius 2 is 2.22 bits per heavy atom. The summed E-state index contributed by atoms with van der Waals surface area (Å²) in [5.41, 5.74) is 0. The molecule has 0 spiro atoms. The van der Waals surface area contributed by atoms with E-state index >= 15 is 0 Å². The minimum atomic E-state index is -0.0400. The Hall–Kier alpha value is -0.320. The van der Waals surface area contributed by atoms with Crippen molar-refractivity contribution in [3.05, 3.63) is 0 Å². The second kappa shape index (κ2) is 6.22. The summed E-state index contributed by atoms with van der Waals surface area (Å²) in [6.45, 7) is 6.04. The lowest BCUT2D eigenvalue weighted by Crippen LogP contribution is -2.52. The van der Waals surface area contributed by atoms with E-state index in [1.807, 2.05) is 11.8 Å². The first-order chi connectivity index (χ1) is 8.65. The topological polar surface area (TPSA) is 38.8 Å². The van der Waals surface area contributed by atoms with Crippen molar-refractivity contribution >= 4 is 17.5 Å². The van der Waals surface area contributed by atoms with Crippen LogP contribution in [0.15, 0.2) is 0 Å². The predicted octanol–water partition coefficient (Wildman–Crippen LogP) is 1.66. The summed E-state index contributed by atoms with van der Waals surface area (Å²) in [5, 5.41) is 0. The number of halogens is 1. The van der Waals surface area contributed by atoms with Crippen LogP contribution < -0.4 is 0 Å². The highest BCUT2D eigenvalue weighted by Crippen LogP contribution is 2.26. The summed E-state index contributed by atoms with van der Waals surface area (Å²) in [7, 11) is 0. The number of carbonyl (C=O) groups is 1. The molecule has 4 unspecified atom stereocenters. The second-order valence-corrected chi connectivity index (χ2v) is 5.49. The molecule has 5 heteroatoms. The summed E-state index contributed by atoms with van der Waals surface area (Å²) in [5.74, 6) is 0.674. The molecule has 2 heterocycles. The second-order valence-electron chi connectivity index (χ2n) is 5.18. The van der Waals surface area contributed by atoms with Gasteiger partial charge >= 0.3 is 0 Å². The number of ether oxygens (including phenoxy) is 2. The van der Waals surface area contributed by atoms with Gasteiger partial charge in [-0.25, -0.2) is 0 Å². The Morgan fingerprint density at radius 1 is 1.44 bits per heavy atom. The fourth-order valence-corrected chi connectivity index (χ4v) is 3.05. The molecule has 1 amide bonds. The van der Waals surface area contributed by atoms with Crippen LogP contribution in [0.5, 0.6) is 0 Å². The molecule has 0 bridgehead atoms. The first-order valence-corrected chi connectivity index (χ1v) is 7.31. The summed E-state index contributed by atoms with van der Waals surface area (Å²) < 4.78 is 11.3. The van der Waals surface area contributed by atoms with Crippen molar-refractivity contribution in [3.63, 3.8) is 0 Å². The predicted molar refractivity (Wildman–Crippen MR) is 69.8 cm³/mol. The summed E-state index contributed by atoms with van der Waals surface area (Å²) in [4.78, 5) is 14.4. The number of nitrogens with zero attached hydrogens (tertiary/aromatic N) is 1. The van der Waals surface area contributed by atoms with E-state index in [1.54, 1.807) is 0 Å². The van der Waals surface area contributed by atoms with Gasteiger partial charge in [0.1, 0.15) is 0 Å². The maximum Gasteiger partial charge on any atom is 0.228 e. The van der Waals surface area contributed by atoms with Gasteiger partial charge in [-0.2, -0.15) is 0 Å². The zero-order valence-electron chi connectivity index (χ0n) is 11.1. The molecule has 2 rings (SSSR count). The largest absolute Gasteiger partial charge is 0.377 e. The highest BCUT2D eigenvalue weighted by atomic mass is 35.5. The monoisotopic (exact) mass is 275 g/mol. The molecule has 2 aliphatic heterocycles. The Labute approximate surface area is 114 Å². The summed E-state index contributed by atoms with van der Waals surface area (Å²) in [6.07, 6.45) is 1.85. The van der Waals surface area contributed by atoms with Crippen LogP contribution in [0.1, 0.15) is 26.7 Å². The number of amides is 1. The third kappa shape index (κ3) is 2.98. The van der Waals surface area contributed by atoms with Crippen LogP contribution in [-0.2, 0) is 14.3 Å². The zero-order valence-corrected chi connectivity index (χ0v) is 11.9. The van der Waals surface area contributed by atoms with E-state index in [0.29, 0.717) is 25.6 Å². The molecule has 4 atom stereocenters. The van der Waals surface area contributed by atoms with E-state index < -0.39 is 0 Å². The van der Waals surface area contributed by atoms with Crippen LogP contribution in [0.25, 0.3) is 0 Å². The van der Waals surface area contributed by atoms with Gasteiger partial charge in [0.05, 0.1) is 30.1 Å². The van der Waals surface area contributed by atoms with E-state index in [0.717, 1.165) is 12.8 Å². The third-order valence-corrected chi connectivity index (χ3v) is 4.08. The Kier molecular flexibility index (Phi) is 4.87. The quantitative estimate of drug-likeness (QED) is 0.736. The molecule has 4 nitrogen and oxygen atoms in total. The van der Waals surface area contributed by atoms with Crippen LogP contribution in [0, 0.1) is 5.92 Å². The number of rotatable bonds is 3. The van der Waals surface area contributed by atoms with Gasteiger partial charge in [-0.15, -0.1) is 11.6 Å². The van der Waals surface area contributed by atoms with Gasteiger partial charge in [0, 0.05) is 19.7 Å². The maximum atomic E-state index is 12.5. The van der Waals surface area contributed by atoms with Crippen molar-refractivity contribution in [2.45, 2.75) is 45.0 Å². The van der Waals surface area contributed by atoms with E-state index in [-0.39, 0.29) is 30.1 Å². The van der Waals surface area contributed by atoms with Crippen molar-refractivity contribution in [2.24, 2.45) is 5.92 Å². The highest BCUT2D eigenvalue weighted by Gasteiger charge is 2.38. The van der Waals surface area contributed by atoms with Gasteiger partial charge in [0.2, 0.25) is 5.91 Å². The van der Waals surface area contributed by atoms with Crippen LogP contribution >= 0.6 is 11.6 Å². The Morgan fingerprint density at radius 3 is 2.89 bits per heavy atom. The first kappa shape index (κ1) is 14.1. The lowest BCUT2D eigenvalue weighted by atomic mass is 9.97. The summed E-state index contributed by atoms with van der Waals surface area (Å²) in [6, 6.07) is 0. The molecular formula is C13H22ClNO3. The van der Waals surface area contributed by atoms with Crippen molar-refractivity contribution in [1.82, 2.24) is 4.90 Å².